The van der Waals surface area contributed by atoms with Crippen LogP contribution in [0.3, 0.4) is 0 Å². The van der Waals surface area contributed by atoms with E-state index in [0.29, 0.717) is 17.6 Å². The van der Waals surface area contributed by atoms with Gasteiger partial charge in [0.15, 0.2) is 0 Å². The summed E-state index contributed by atoms with van der Waals surface area (Å²) in [7, 11) is 0. The van der Waals surface area contributed by atoms with Crippen molar-refractivity contribution in [1.82, 2.24) is 5.32 Å². The third kappa shape index (κ3) is 2.95. The molecule has 0 aromatic heterocycles. The van der Waals surface area contributed by atoms with Gasteiger partial charge in [-0.3, -0.25) is 0 Å². The number of hydrogen-bond donors (Lipinski definition) is 1. The molecule has 4 heteroatoms. The Balaban J connectivity index is 2.18. The van der Waals surface area contributed by atoms with Crippen molar-refractivity contribution in [3.05, 3.63) is 40.4 Å². The molecule has 0 spiro atoms. The largest absolute Gasteiger partial charge is 0.305 e. The number of hydrogen-bond acceptors (Lipinski definition) is 2. The lowest BCUT2D eigenvalue weighted by Gasteiger charge is -2.26. The van der Waals surface area contributed by atoms with E-state index in [-0.39, 0.29) is 0 Å². The van der Waals surface area contributed by atoms with Gasteiger partial charge < -0.3 is 5.32 Å². The highest BCUT2D eigenvalue weighted by Crippen LogP contribution is 2.37. The smallest absolute Gasteiger partial charge is 0.0410 e. The van der Waals surface area contributed by atoms with Crippen LogP contribution in [0, 0.1) is 0 Å². The fraction of sp³-hybridized carbons (Fsp3) is 0.333. The van der Waals surface area contributed by atoms with Crippen molar-refractivity contribution < 1.29 is 0 Å². The predicted octanol–water partition coefficient (Wildman–Crippen LogP) is 4.22. The van der Waals surface area contributed by atoms with Crippen LogP contribution in [0.2, 0.25) is 5.02 Å². The van der Waals surface area contributed by atoms with Gasteiger partial charge in [0.1, 0.15) is 0 Å². The molecule has 1 heterocycles. The molecule has 0 bridgehead atoms. The van der Waals surface area contributed by atoms with E-state index >= 15 is 0 Å². The summed E-state index contributed by atoms with van der Waals surface area (Å²) in [5.74, 6) is 1.13. The molecule has 1 aliphatic heterocycles. The average molecular weight is 274 g/mol. The van der Waals surface area contributed by atoms with Gasteiger partial charge in [-0.2, -0.15) is 0 Å². The first kappa shape index (κ1) is 12.3. The minimum absolute atomic E-state index is 0.338. The molecule has 1 nitrogen and oxygen atoms in total. The van der Waals surface area contributed by atoms with Crippen LogP contribution in [0.15, 0.2) is 34.7 Å². The van der Waals surface area contributed by atoms with Crippen LogP contribution in [0.1, 0.15) is 18.0 Å². The average Bonchev–Trinajstić information content (AvgIpc) is 2.26. The van der Waals surface area contributed by atoms with Gasteiger partial charge in [0.05, 0.1) is 0 Å². The van der Waals surface area contributed by atoms with E-state index in [1.807, 2.05) is 23.9 Å². The van der Waals surface area contributed by atoms with Crippen LogP contribution in [0.25, 0.3) is 0 Å². The number of benzene rings is 1. The summed E-state index contributed by atoms with van der Waals surface area (Å²) >= 11 is 13.7. The minimum Gasteiger partial charge on any atom is -0.305 e. The van der Waals surface area contributed by atoms with Crippen LogP contribution >= 0.6 is 35.0 Å². The number of nitrogens with one attached hydrogen (secondary N) is 1. The van der Waals surface area contributed by atoms with Crippen LogP contribution in [-0.2, 0) is 0 Å². The van der Waals surface area contributed by atoms with Crippen molar-refractivity contribution in [3.63, 3.8) is 0 Å². The summed E-state index contributed by atoms with van der Waals surface area (Å²) in [4.78, 5) is 1.31. The quantitative estimate of drug-likeness (QED) is 0.885. The van der Waals surface area contributed by atoms with Gasteiger partial charge in [-0.15, -0.1) is 11.8 Å². The molecule has 86 valence electrons. The van der Waals surface area contributed by atoms with Gasteiger partial charge >= 0.3 is 0 Å². The lowest BCUT2D eigenvalue weighted by atomic mass is 10.0. The Bertz CT molecular complexity index is 406. The second-order valence-corrected chi connectivity index (χ2v) is 5.88. The van der Waals surface area contributed by atoms with Crippen LogP contribution in [0.5, 0.6) is 0 Å². The summed E-state index contributed by atoms with van der Waals surface area (Å²) in [5, 5.41) is 4.83. The number of halogens is 2. The Morgan fingerprint density at radius 2 is 2.38 bits per heavy atom. The van der Waals surface area contributed by atoms with Gasteiger partial charge in [0, 0.05) is 27.5 Å². The van der Waals surface area contributed by atoms with Crippen molar-refractivity contribution >= 4 is 35.0 Å². The lowest BCUT2D eigenvalue weighted by molar-refractivity contribution is 0.539. The number of fused-ring (bicyclic) bond motifs is 1. The summed E-state index contributed by atoms with van der Waals surface area (Å²) in [6, 6.07) is 6.41. The summed E-state index contributed by atoms with van der Waals surface area (Å²) in [6.45, 7) is 4.33. The minimum atomic E-state index is 0.338. The molecule has 1 aromatic carbocycles. The highest BCUT2D eigenvalue weighted by atomic mass is 35.5. The molecule has 16 heavy (non-hydrogen) atoms. The topological polar surface area (TPSA) is 12.0 Å². The fourth-order valence-electron chi connectivity index (χ4n) is 1.81. The SMILES string of the molecule is C=C(Cl)CNC1CCSc2ccc(Cl)cc21. The first-order valence-corrected chi connectivity index (χ1v) is 6.90. The molecule has 0 radical (unpaired) electrons. The van der Waals surface area contributed by atoms with Gasteiger partial charge in [0.25, 0.3) is 0 Å². The van der Waals surface area contributed by atoms with Gasteiger partial charge in [-0.1, -0.05) is 29.8 Å². The summed E-state index contributed by atoms with van der Waals surface area (Å²) < 4.78 is 0. The third-order valence-electron chi connectivity index (χ3n) is 2.55. The highest BCUT2D eigenvalue weighted by molar-refractivity contribution is 7.99. The van der Waals surface area contributed by atoms with E-state index in [1.165, 1.54) is 10.5 Å². The second-order valence-electron chi connectivity index (χ2n) is 3.77. The maximum absolute atomic E-state index is 6.02. The van der Waals surface area contributed by atoms with Crippen LogP contribution < -0.4 is 5.32 Å². The Kier molecular flexibility index (Phi) is 4.20. The molecule has 0 fully saturated rings. The number of rotatable bonds is 3. The fourth-order valence-corrected chi connectivity index (χ4v) is 3.17. The molecular formula is C12H13Cl2NS. The Morgan fingerprint density at radius 3 is 3.12 bits per heavy atom. The van der Waals surface area contributed by atoms with E-state index in [0.717, 1.165) is 17.2 Å². The molecule has 0 amide bonds. The monoisotopic (exact) mass is 273 g/mol. The molecule has 1 atom stereocenters. The molecule has 1 unspecified atom stereocenters. The van der Waals surface area contributed by atoms with E-state index < -0.39 is 0 Å². The van der Waals surface area contributed by atoms with E-state index in [9.17, 15) is 0 Å². The molecule has 1 aromatic rings. The zero-order valence-corrected chi connectivity index (χ0v) is 11.1. The molecule has 0 saturated heterocycles. The van der Waals surface area contributed by atoms with Crippen molar-refractivity contribution in [2.45, 2.75) is 17.4 Å². The Morgan fingerprint density at radius 1 is 1.56 bits per heavy atom. The molecule has 0 saturated carbocycles. The Labute approximate surface area is 110 Å². The lowest BCUT2D eigenvalue weighted by Crippen LogP contribution is -2.25. The maximum atomic E-state index is 6.02. The standard InChI is InChI=1S/C12H13Cl2NS/c1-8(13)7-15-11-4-5-16-12-3-2-9(14)6-10(11)12/h2-3,6,11,15H,1,4-5,7H2. The van der Waals surface area contributed by atoms with E-state index in [2.05, 4.69) is 18.0 Å². The van der Waals surface area contributed by atoms with Gasteiger partial charge in [-0.25, -0.2) is 0 Å². The summed E-state index contributed by atoms with van der Waals surface area (Å²) in [5.41, 5.74) is 1.28. The van der Waals surface area contributed by atoms with Crippen molar-refractivity contribution in [2.75, 3.05) is 12.3 Å². The molecule has 2 rings (SSSR count). The van der Waals surface area contributed by atoms with Crippen molar-refractivity contribution in [1.29, 1.82) is 0 Å². The predicted molar refractivity (Wildman–Crippen MR) is 72.5 cm³/mol. The van der Waals surface area contributed by atoms with Crippen molar-refractivity contribution in [3.8, 4) is 0 Å². The zero-order chi connectivity index (χ0) is 11.5. The first-order valence-electron chi connectivity index (χ1n) is 5.16. The second kappa shape index (κ2) is 5.46. The maximum Gasteiger partial charge on any atom is 0.0410 e. The van der Waals surface area contributed by atoms with E-state index in [4.69, 9.17) is 23.2 Å². The molecule has 0 aliphatic carbocycles. The van der Waals surface area contributed by atoms with Crippen LogP contribution in [0.4, 0.5) is 0 Å². The first-order chi connectivity index (χ1) is 7.66. The van der Waals surface area contributed by atoms with Crippen LogP contribution in [-0.4, -0.2) is 12.3 Å². The van der Waals surface area contributed by atoms with Gasteiger partial charge in [-0.05, 0) is 35.9 Å². The molecular weight excluding hydrogens is 261 g/mol. The van der Waals surface area contributed by atoms with E-state index in [1.54, 1.807) is 0 Å². The normalized spacial score (nSPS) is 19.2. The Hall–Kier alpha value is -0.150. The highest BCUT2D eigenvalue weighted by Gasteiger charge is 2.20. The van der Waals surface area contributed by atoms with Gasteiger partial charge in [0.2, 0.25) is 0 Å². The zero-order valence-electron chi connectivity index (χ0n) is 8.80. The van der Waals surface area contributed by atoms with Crippen molar-refractivity contribution in [2.24, 2.45) is 0 Å². The summed E-state index contributed by atoms with van der Waals surface area (Å²) in [6.07, 6.45) is 1.10. The number of thioether (sulfide) groups is 1. The molecule has 1 aliphatic rings. The molecule has 1 N–H and O–H groups in total. The third-order valence-corrected chi connectivity index (χ3v) is 4.04.